The summed E-state index contributed by atoms with van der Waals surface area (Å²) in [6, 6.07) is 11.8. The van der Waals surface area contributed by atoms with Crippen molar-refractivity contribution < 1.29 is 8.42 Å². The molecule has 2 aliphatic heterocycles. The first-order valence-electron chi connectivity index (χ1n) is 10.9. The fourth-order valence-corrected chi connectivity index (χ4v) is 5.86. The first kappa shape index (κ1) is 21.6. The van der Waals surface area contributed by atoms with E-state index in [1.54, 1.807) is 0 Å². The highest BCUT2D eigenvalue weighted by molar-refractivity contribution is 7.86. The summed E-state index contributed by atoms with van der Waals surface area (Å²) in [6.45, 7) is 3.33. The van der Waals surface area contributed by atoms with Gasteiger partial charge in [0.25, 0.3) is 10.2 Å². The minimum Gasteiger partial charge on any atom is -0.351 e. The van der Waals surface area contributed by atoms with Crippen LogP contribution in [-0.2, 0) is 10.2 Å². The molecule has 2 aliphatic rings. The van der Waals surface area contributed by atoms with Gasteiger partial charge in [-0.3, -0.25) is 5.10 Å². The van der Waals surface area contributed by atoms with Crippen LogP contribution < -0.4 is 10.6 Å². The number of H-pyrrole nitrogens is 1. The SMILES string of the molecule is Cc1cc(Nc2nc(NC3CCN(S(=O)(=O)N4CC(C#N)C4)CC3)nc3ccccc23)n[nH]1. The first-order chi connectivity index (χ1) is 15.9. The Morgan fingerprint density at radius 1 is 1.15 bits per heavy atom. The molecule has 0 spiro atoms. The summed E-state index contributed by atoms with van der Waals surface area (Å²) in [7, 11) is -3.50. The highest BCUT2D eigenvalue weighted by Crippen LogP contribution is 2.27. The Kier molecular flexibility index (Phi) is 5.61. The molecule has 12 heteroatoms. The van der Waals surface area contributed by atoms with E-state index in [1.165, 1.54) is 8.61 Å². The van der Waals surface area contributed by atoms with Gasteiger partial charge < -0.3 is 10.6 Å². The number of nitrogens with zero attached hydrogens (tertiary/aromatic N) is 6. The van der Waals surface area contributed by atoms with Crippen LogP contribution in [0.2, 0.25) is 0 Å². The van der Waals surface area contributed by atoms with Crippen molar-refractivity contribution in [1.82, 2.24) is 28.8 Å². The molecule has 3 aromatic rings. The van der Waals surface area contributed by atoms with Gasteiger partial charge in [-0.15, -0.1) is 0 Å². The van der Waals surface area contributed by atoms with Gasteiger partial charge in [-0.1, -0.05) is 12.1 Å². The summed E-state index contributed by atoms with van der Waals surface area (Å²) in [5, 5.41) is 23.6. The van der Waals surface area contributed by atoms with Crippen LogP contribution in [0.15, 0.2) is 30.3 Å². The fourth-order valence-electron chi connectivity index (χ4n) is 4.12. The normalized spacial score (nSPS) is 18.7. The zero-order valence-electron chi connectivity index (χ0n) is 18.2. The van der Waals surface area contributed by atoms with Crippen LogP contribution in [0.25, 0.3) is 10.9 Å². The maximum absolute atomic E-state index is 12.7. The molecule has 2 aromatic heterocycles. The molecule has 0 aliphatic carbocycles. The quantitative estimate of drug-likeness (QED) is 0.499. The Balaban J connectivity index is 1.28. The number of benzene rings is 1. The van der Waals surface area contributed by atoms with Crippen molar-refractivity contribution in [3.05, 3.63) is 36.0 Å². The number of anilines is 3. The number of hydrogen-bond acceptors (Lipinski definition) is 8. The number of nitrogens with one attached hydrogen (secondary N) is 3. The van der Waals surface area contributed by atoms with Crippen molar-refractivity contribution in [3.8, 4) is 6.07 Å². The monoisotopic (exact) mass is 467 g/mol. The maximum atomic E-state index is 12.7. The molecular weight excluding hydrogens is 442 g/mol. The van der Waals surface area contributed by atoms with Gasteiger partial charge in [0.1, 0.15) is 5.82 Å². The smallest absolute Gasteiger partial charge is 0.282 e. The summed E-state index contributed by atoms with van der Waals surface area (Å²) < 4.78 is 28.4. The lowest BCUT2D eigenvalue weighted by molar-refractivity contribution is 0.216. The van der Waals surface area contributed by atoms with Gasteiger partial charge >= 0.3 is 0 Å². The lowest BCUT2D eigenvalue weighted by atomic mass is 10.1. The van der Waals surface area contributed by atoms with Gasteiger partial charge in [0.2, 0.25) is 5.95 Å². The van der Waals surface area contributed by atoms with Crippen molar-refractivity contribution in [2.45, 2.75) is 25.8 Å². The predicted molar refractivity (Wildman–Crippen MR) is 124 cm³/mol. The van der Waals surface area contributed by atoms with Crippen LogP contribution in [0.4, 0.5) is 17.6 Å². The van der Waals surface area contributed by atoms with Crippen LogP contribution in [0.3, 0.4) is 0 Å². The average molecular weight is 468 g/mol. The summed E-state index contributed by atoms with van der Waals surface area (Å²) in [4.78, 5) is 9.33. The molecule has 1 aromatic carbocycles. The molecule has 11 nitrogen and oxygen atoms in total. The zero-order chi connectivity index (χ0) is 23.0. The van der Waals surface area contributed by atoms with E-state index < -0.39 is 10.2 Å². The van der Waals surface area contributed by atoms with Crippen molar-refractivity contribution >= 4 is 38.7 Å². The molecule has 2 fully saturated rings. The number of rotatable bonds is 6. The van der Waals surface area contributed by atoms with Crippen LogP contribution >= 0.6 is 0 Å². The lowest BCUT2D eigenvalue weighted by Gasteiger charge is -2.40. The van der Waals surface area contributed by atoms with E-state index in [9.17, 15) is 8.42 Å². The fraction of sp³-hybridized carbons (Fsp3) is 0.429. The number of aromatic amines is 1. The van der Waals surface area contributed by atoms with Crippen molar-refractivity contribution in [1.29, 1.82) is 5.26 Å². The minimum atomic E-state index is -3.50. The van der Waals surface area contributed by atoms with Crippen molar-refractivity contribution in [2.75, 3.05) is 36.8 Å². The number of aryl methyl sites for hydroxylation is 1. The Morgan fingerprint density at radius 3 is 2.61 bits per heavy atom. The highest BCUT2D eigenvalue weighted by atomic mass is 32.2. The van der Waals surface area contributed by atoms with E-state index in [4.69, 9.17) is 5.26 Å². The molecule has 2 saturated heterocycles. The molecule has 172 valence electrons. The van der Waals surface area contributed by atoms with E-state index in [1.807, 2.05) is 37.3 Å². The van der Waals surface area contributed by atoms with Crippen molar-refractivity contribution in [2.24, 2.45) is 5.92 Å². The number of piperidine rings is 1. The number of para-hydroxylation sites is 1. The molecule has 0 atom stereocenters. The standard InChI is InChI=1S/C21H25N9O2S/c1-14-10-19(28-27-14)25-20-17-4-2-3-5-18(17)24-21(26-20)23-16-6-8-29(9-7-16)33(31,32)30-12-15(11-22)13-30/h2-5,10,15-16H,6-9,12-13H2,1H3,(H3,23,24,25,26,27,28). The third-order valence-corrected chi connectivity index (χ3v) is 7.99. The predicted octanol–water partition coefficient (Wildman–Crippen LogP) is 1.98. The van der Waals surface area contributed by atoms with Crippen molar-refractivity contribution in [3.63, 3.8) is 0 Å². The summed E-state index contributed by atoms with van der Waals surface area (Å²) in [5.41, 5.74) is 1.74. The Hall–Kier alpha value is -3.27. The van der Waals surface area contributed by atoms with E-state index in [0.29, 0.717) is 43.5 Å². The number of hydrogen-bond donors (Lipinski definition) is 3. The number of nitriles is 1. The van der Waals surface area contributed by atoms with E-state index in [-0.39, 0.29) is 25.0 Å². The van der Waals surface area contributed by atoms with Gasteiger partial charge in [-0.2, -0.15) is 32.4 Å². The second kappa shape index (κ2) is 8.58. The minimum absolute atomic E-state index is 0.0568. The lowest BCUT2D eigenvalue weighted by Crippen LogP contribution is -2.56. The molecule has 4 heterocycles. The molecule has 0 radical (unpaired) electrons. The molecule has 0 bridgehead atoms. The van der Waals surface area contributed by atoms with Gasteiger partial charge in [-0.25, -0.2) is 4.98 Å². The Labute approximate surface area is 192 Å². The third-order valence-electron chi connectivity index (χ3n) is 6.03. The molecule has 0 unspecified atom stereocenters. The highest BCUT2D eigenvalue weighted by Gasteiger charge is 2.40. The molecule has 33 heavy (non-hydrogen) atoms. The average Bonchev–Trinajstić information content (AvgIpc) is 3.18. The summed E-state index contributed by atoms with van der Waals surface area (Å²) in [6.07, 6.45) is 1.29. The van der Waals surface area contributed by atoms with Gasteiger partial charge in [0.05, 0.1) is 17.5 Å². The Morgan fingerprint density at radius 2 is 1.91 bits per heavy atom. The van der Waals surface area contributed by atoms with Gasteiger partial charge in [0.15, 0.2) is 5.82 Å². The van der Waals surface area contributed by atoms with Crippen LogP contribution in [0.5, 0.6) is 0 Å². The molecule has 5 rings (SSSR count). The van der Waals surface area contributed by atoms with E-state index in [0.717, 1.165) is 16.6 Å². The van der Waals surface area contributed by atoms with Crippen LogP contribution in [-0.4, -0.2) is 69.4 Å². The van der Waals surface area contributed by atoms with Crippen LogP contribution in [0, 0.1) is 24.2 Å². The second-order valence-corrected chi connectivity index (χ2v) is 10.4. The molecule has 0 saturated carbocycles. The molecular formula is C21H25N9O2S. The van der Waals surface area contributed by atoms with Gasteiger partial charge in [-0.05, 0) is 31.9 Å². The molecule has 3 N–H and O–H groups in total. The van der Waals surface area contributed by atoms with E-state index in [2.05, 4.69) is 36.9 Å². The largest absolute Gasteiger partial charge is 0.351 e. The molecule has 0 amide bonds. The second-order valence-electron chi connectivity index (χ2n) is 8.44. The maximum Gasteiger partial charge on any atom is 0.282 e. The zero-order valence-corrected chi connectivity index (χ0v) is 19.0. The Bertz CT molecular complexity index is 1300. The van der Waals surface area contributed by atoms with E-state index >= 15 is 0 Å². The first-order valence-corrected chi connectivity index (χ1v) is 12.3. The number of fused-ring (bicyclic) bond motifs is 1. The summed E-state index contributed by atoms with van der Waals surface area (Å²) in [5.74, 6) is 1.62. The third kappa shape index (κ3) is 4.35. The summed E-state index contributed by atoms with van der Waals surface area (Å²) >= 11 is 0. The van der Waals surface area contributed by atoms with Crippen LogP contribution in [0.1, 0.15) is 18.5 Å². The topological polar surface area (TPSA) is 143 Å². The number of aromatic nitrogens is 4. The van der Waals surface area contributed by atoms with Gasteiger partial charge in [0, 0.05) is 49.4 Å².